The standard InChI is InChI=1S/C16H10N2S2/c1-2-6-11(7-3-1)13-10-19-15(18-13)16-17-12-8-4-5-9-14(12)20-16/h1-10H. The number of aromatic nitrogens is 2. The molecule has 2 heterocycles. The number of hydrogen-bond acceptors (Lipinski definition) is 4. The van der Waals surface area contributed by atoms with Crippen LogP contribution in [0.4, 0.5) is 0 Å². The maximum absolute atomic E-state index is 4.71. The van der Waals surface area contributed by atoms with Crippen LogP contribution in [0, 0.1) is 0 Å². The van der Waals surface area contributed by atoms with Gasteiger partial charge in [0.15, 0.2) is 10.0 Å². The second-order valence-electron chi connectivity index (χ2n) is 4.39. The third-order valence-electron chi connectivity index (χ3n) is 3.05. The highest BCUT2D eigenvalue weighted by atomic mass is 32.1. The van der Waals surface area contributed by atoms with Gasteiger partial charge in [-0.3, -0.25) is 0 Å². The Balaban J connectivity index is 1.78. The normalized spacial score (nSPS) is 11.0. The molecule has 4 rings (SSSR count). The molecule has 0 saturated heterocycles. The Morgan fingerprint density at radius 3 is 2.40 bits per heavy atom. The minimum atomic E-state index is 0.991. The van der Waals surface area contributed by atoms with Crippen LogP contribution in [0.15, 0.2) is 60.0 Å². The van der Waals surface area contributed by atoms with Crippen molar-refractivity contribution in [3.05, 3.63) is 60.0 Å². The molecule has 0 radical (unpaired) electrons. The first-order chi connectivity index (χ1) is 9.90. The molecule has 0 spiro atoms. The van der Waals surface area contributed by atoms with Gasteiger partial charge in [0.2, 0.25) is 0 Å². The van der Waals surface area contributed by atoms with Crippen molar-refractivity contribution in [1.29, 1.82) is 0 Å². The van der Waals surface area contributed by atoms with Crippen LogP contribution in [0.5, 0.6) is 0 Å². The van der Waals surface area contributed by atoms with Gasteiger partial charge < -0.3 is 0 Å². The number of rotatable bonds is 2. The van der Waals surface area contributed by atoms with Crippen molar-refractivity contribution in [3.63, 3.8) is 0 Å². The van der Waals surface area contributed by atoms with Gasteiger partial charge in [-0.2, -0.15) is 0 Å². The van der Waals surface area contributed by atoms with Crippen LogP contribution in [0.2, 0.25) is 0 Å². The van der Waals surface area contributed by atoms with Gasteiger partial charge in [0, 0.05) is 10.9 Å². The summed E-state index contributed by atoms with van der Waals surface area (Å²) in [5.41, 5.74) is 3.21. The molecule has 2 aromatic heterocycles. The highest BCUT2D eigenvalue weighted by molar-refractivity contribution is 7.25. The summed E-state index contributed by atoms with van der Waals surface area (Å²) < 4.78 is 1.21. The number of para-hydroxylation sites is 1. The average Bonchev–Trinajstić information content (AvgIpc) is 3.14. The van der Waals surface area contributed by atoms with Gasteiger partial charge >= 0.3 is 0 Å². The van der Waals surface area contributed by atoms with E-state index in [2.05, 4.69) is 28.6 Å². The summed E-state index contributed by atoms with van der Waals surface area (Å²) in [4.78, 5) is 9.37. The van der Waals surface area contributed by atoms with Crippen LogP contribution >= 0.6 is 22.7 Å². The molecule has 0 aliphatic heterocycles. The largest absolute Gasteiger partial charge is 0.233 e. The Bertz CT molecular complexity index is 829. The number of benzene rings is 2. The number of hydrogen-bond donors (Lipinski definition) is 0. The molecule has 0 unspecified atom stereocenters. The lowest BCUT2D eigenvalue weighted by molar-refractivity contribution is 1.37. The average molecular weight is 294 g/mol. The van der Waals surface area contributed by atoms with E-state index in [1.165, 1.54) is 4.70 Å². The zero-order chi connectivity index (χ0) is 13.4. The van der Waals surface area contributed by atoms with Crippen molar-refractivity contribution in [1.82, 2.24) is 9.97 Å². The van der Waals surface area contributed by atoms with Gasteiger partial charge in [-0.15, -0.1) is 22.7 Å². The van der Waals surface area contributed by atoms with E-state index in [1.54, 1.807) is 22.7 Å². The number of fused-ring (bicyclic) bond motifs is 1. The fourth-order valence-corrected chi connectivity index (χ4v) is 3.91. The van der Waals surface area contributed by atoms with Gasteiger partial charge in [0.05, 0.1) is 15.9 Å². The first-order valence-electron chi connectivity index (χ1n) is 6.27. The van der Waals surface area contributed by atoms with Crippen molar-refractivity contribution in [2.75, 3.05) is 0 Å². The van der Waals surface area contributed by atoms with Crippen molar-refractivity contribution >= 4 is 32.9 Å². The van der Waals surface area contributed by atoms with Gasteiger partial charge in [-0.05, 0) is 12.1 Å². The molecule has 96 valence electrons. The van der Waals surface area contributed by atoms with E-state index in [4.69, 9.17) is 4.98 Å². The maximum atomic E-state index is 4.71. The molecule has 4 heteroatoms. The van der Waals surface area contributed by atoms with Crippen molar-refractivity contribution in [2.45, 2.75) is 0 Å². The summed E-state index contributed by atoms with van der Waals surface area (Å²) in [6.07, 6.45) is 0. The molecule has 2 aromatic carbocycles. The van der Waals surface area contributed by atoms with E-state index < -0.39 is 0 Å². The second kappa shape index (κ2) is 4.81. The fourth-order valence-electron chi connectivity index (χ4n) is 2.08. The summed E-state index contributed by atoms with van der Waals surface area (Å²) in [5, 5.41) is 4.08. The fraction of sp³-hybridized carbons (Fsp3) is 0. The number of thiazole rings is 2. The molecule has 0 fully saturated rings. The SMILES string of the molecule is c1ccc(-c2csc(-c3nc4ccccc4s3)n2)cc1. The van der Waals surface area contributed by atoms with E-state index in [9.17, 15) is 0 Å². The van der Waals surface area contributed by atoms with E-state index in [-0.39, 0.29) is 0 Å². The van der Waals surface area contributed by atoms with Gasteiger partial charge in [0.1, 0.15) is 0 Å². The third kappa shape index (κ3) is 2.03. The maximum Gasteiger partial charge on any atom is 0.153 e. The molecular formula is C16H10N2S2. The topological polar surface area (TPSA) is 25.8 Å². The predicted molar refractivity (Wildman–Crippen MR) is 86.2 cm³/mol. The van der Waals surface area contributed by atoms with E-state index >= 15 is 0 Å². The molecule has 0 atom stereocenters. The zero-order valence-corrected chi connectivity index (χ0v) is 12.1. The molecule has 2 nitrogen and oxygen atoms in total. The molecule has 0 bridgehead atoms. The molecule has 20 heavy (non-hydrogen) atoms. The Hall–Kier alpha value is -2.04. The van der Waals surface area contributed by atoms with Crippen LogP contribution in [0.1, 0.15) is 0 Å². The minimum Gasteiger partial charge on any atom is -0.233 e. The lowest BCUT2D eigenvalue weighted by atomic mass is 10.2. The summed E-state index contributed by atoms with van der Waals surface area (Å²) in [5.74, 6) is 0. The molecule has 0 aliphatic carbocycles. The molecule has 0 aliphatic rings. The van der Waals surface area contributed by atoms with Crippen LogP contribution in [0.25, 0.3) is 31.5 Å². The molecular weight excluding hydrogens is 284 g/mol. The monoisotopic (exact) mass is 294 g/mol. The molecule has 4 aromatic rings. The lowest BCUT2D eigenvalue weighted by Crippen LogP contribution is -1.78. The quantitative estimate of drug-likeness (QED) is 0.515. The van der Waals surface area contributed by atoms with Crippen molar-refractivity contribution < 1.29 is 0 Å². The molecule has 0 saturated carbocycles. The van der Waals surface area contributed by atoms with Crippen LogP contribution in [-0.4, -0.2) is 9.97 Å². The predicted octanol–water partition coefficient (Wildman–Crippen LogP) is 5.09. The van der Waals surface area contributed by atoms with Gasteiger partial charge in [-0.25, -0.2) is 9.97 Å². The summed E-state index contributed by atoms with van der Waals surface area (Å²) >= 11 is 3.35. The van der Waals surface area contributed by atoms with Crippen molar-refractivity contribution in [2.24, 2.45) is 0 Å². The Morgan fingerprint density at radius 2 is 1.55 bits per heavy atom. The minimum absolute atomic E-state index is 0.991. The van der Waals surface area contributed by atoms with Gasteiger partial charge in [0.25, 0.3) is 0 Å². The van der Waals surface area contributed by atoms with E-state index in [1.807, 2.05) is 36.4 Å². The summed E-state index contributed by atoms with van der Waals surface area (Å²) in [6.45, 7) is 0. The second-order valence-corrected chi connectivity index (χ2v) is 6.28. The van der Waals surface area contributed by atoms with Crippen LogP contribution < -0.4 is 0 Å². The van der Waals surface area contributed by atoms with E-state index in [0.717, 1.165) is 26.8 Å². The van der Waals surface area contributed by atoms with Crippen molar-refractivity contribution in [3.8, 4) is 21.3 Å². The zero-order valence-electron chi connectivity index (χ0n) is 10.5. The third-order valence-corrected chi connectivity index (χ3v) is 5.07. The Kier molecular flexibility index (Phi) is 2.83. The molecule has 0 amide bonds. The summed E-state index contributed by atoms with van der Waals surface area (Å²) in [7, 11) is 0. The Morgan fingerprint density at radius 1 is 0.750 bits per heavy atom. The van der Waals surface area contributed by atoms with Gasteiger partial charge in [-0.1, -0.05) is 42.5 Å². The van der Waals surface area contributed by atoms with E-state index in [0.29, 0.717) is 0 Å². The van der Waals surface area contributed by atoms with Crippen LogP contribution in [0.3, 0.4) is 0 Å². The number of nitrogens with zero attached hydrogens (tertiary/aromatic N) is 2. The summed E-state index contributed by atoms with van der Waals surface area (Å²) in [6, 6.07) is 18.4. The molecule has 0 N–H and O–H groups in total. The highest BCUT2D eigenvalue weighted by Crippen LogP contribution is 2.33. The lowest BCUT2D eigenvalue weighted by Gasteiger charge is -1.93. The first kappa shape index (κ1) is 11.8. The smallest absolute Gasteiger partial charge is 0.153 e. The Labute approximate surface area is 124 Å². The van der Waals surface area contributed by atoms with Crippen LogP contribution in [-0.2, 0) is 0 Å². The highest BCUT2D eigenvalue weighted by Gasteiger charge is 2.10. The first-order valence-corrected chi connectivity index (χ1v) is 7.97.